The Morgan fingerprint density at radius 3 is 2.55 bits per heavy atom. The van der Waals surface area contributed by atoms with E-state index >= 15 is 0 Å². The Kier molecular flexibility index (Phi) is 5.25. The number of sulfonamides is 1. The number of nitrogens with one attached hydrogen (secondary N) is 3. The van der Waals surface area contributed by atoms with Gasteiger partial charge in [0.1, 0.15) is 0 Å². The maximum atomic E-state index is 11.5. The fourth-order valence-corrected chi connectivity index (χ4v) is 2.92. The number of rotatable bonds is 5. The van der Waals surface area contributed by atoms with Crippen molar-refractivity contribution in [1.82, 2.24) is 5.32 Å². The third-order valence-corrected chi connectivity index (χ3v) is 4.79. The zero-order valence-electron chi connectivity index (χ0n) is 11.9. The van der Waals surface area contributed by atoms with Gasteiger partial charge in [0.05, 0.1) is 5.75 Å². The lowest BCUT2D eigenvalue weighted by atomic mass is 10.1. The van der Waals surface area contributed by atoms with Gasteiger partial charge in [-0.3, -0.25) is 4.72 Å². The van der Waals surface area contributed by atoms with Crippen LogP contribution in [0.4, 0.5) is 11.4 Å². The van der Waals surface area contributed by atoms with Gasteiger partial charge in [0.15, 0.2) is 0 Å². The van der Waals surface area contributed by atoms with E-state index < -0.39 is 10.0 Å². The molecule has 1 heterocycles. The topological polar surface area (TPSA) is 70.2 Å². The second-order valence-electron chi connectivity index (χ2n) is 5.11. The molecule has 1 aromatic carbocycles. The predicted octanol–water partition coefficient (Wildman–Crippen LogP) is 2.00. The molecule has 20 heavy (non-hydrogen) atoms. The Bertz CT molecular complexity index is 506. The lowest BCUT2D eigenvalue weighted by molar-refractivity contribution is 0.602. The monoisotopic (exact) mass is 297 g/mol. The van der Waals surface area contributed by atoms with Crippen LogP contribution in [-0.2, 0) is 10.0 Å². The van der Waals surface area contributed by atoms with Crippen LogP contribution in [0.25, 0.3) is 0 Å². The fraction of sp³-hybridized carbons (Fsp3) is 0.571. The van der Waals surface area contributed by atoms with E-state index in [4.69, 9.17) is 0 Å². The van der Waals surface area contributed by atoms with Crippen molar-refractivity contribution in [3.63, 3.8) is 0 Å². The van der Waals surface area contributed by atoms with E-state index in [1.165, 1.54) is 6.42 Å². The van der Waals surface area contributed by atoms with Crippen LogP contribution >= 0.6 is 0 Å². The molecule has 0 amide bonds. The summed E-state index contributed by atoms with van der Waals surface area (Å²) in [5.41, 5.74) is 1.65. The normalized spacial score (nSPS) is 20.1. The lowest BCUT2D eigenvalue weighted by Crippen LogP contribution is -2.21. The van der Waals surface area contributed by atoms with Crippen LogP contribution in [-0.4, -0.2) is 33.3 Å². The molecule has 0 spiro atoms. The average molecular weight is 297 g/mol. The van der Waals surface area contributed by atoms with Gasteiger partial charge < -0.3 is 10.6 Å². The molecule has 1 fully saturated rings. The molecule has 0 saturated carbocycles. The first-order valence-electron chi connectivity index (χ1n) is 7.17. The lowest BCUT2D eigenvalue weighted by Gasteiger charge is -2.17. The average Bonchev–Trinajstić information content (AvgIpc) is 2.69. The van der Waals surface area contributed by atoms with Crippen LogP contribution in [0.1, 0.15) is 26.2 Å². The molecule has 0 aliphatic carbocycles. The summed E-state index contributed by atoms with van der Waals surface area (Å²) in [4.78, 5) is 0. The number of hydrogen-bond donors (Lipinski definition) is 3. The van der Waals surface area contributed by atoms with Crippen LogP contribution in [0, 0.1) is 0 Å². The Labute approximate surface area is 121 Å². The molecule has 0 aromatic heterocycles. The maximum absolute atomic E-state index is 11.5. The van der Waals surface area contributed by atoms with E-state index in [2.05, 4.69) is 15.4 Å². The summed E-state index contributed by atoms with van der Waals surface area (Å²) in [6.07, 6.45) is 3.47. The summed E-state index contributed by atoms with van der Waals surface area (Å²) in [5.74, 6) is 0.0854. The number of anilines is 2. The first-order chi connectivity index (χ1) is 9.59. The highest BCUT2D eigenvalue weighted by atomic mass is 32.2. The van der Waals surface area contributed by atoms with Crippen molar-refractivity contribution >= 4 is 21.4 Å². The smallest absolute Gasteiger partial charge is 0.232 e. The van der Waals surface area contributed by atoms with Gasteiger partial charge in [-0.05, 0) is 63.5 Å². The Hall–Kier alpha value is -1.27. The summed E-state index contributed by atoms with van der Waals surface area (Å²) in [7, 11) is -3.20. The van der Waals surface area contributed by atoms with Crippen molar-refractivity contribution in [2.75, 3.05) is 28.9 Å². The van der Waals surface area contributed by atoms with Crippen LogP contribution in [0.15, 0.2) is 24.3 Å². The largest absolute Gasteiger partial charge is 0.382 e. The minimum Gasteiger partial charge on any atom is -0.382 e. The van der Waals surface area contributed by atoms with Gasteiger partial charge in [0.25, 0.3) is 0 Å². The van der Waals surface area contributed by atoms with Crippen LogP contribution in [0.3, 0.4) is 0 Å². The fourth-order valence-electron chi connectivity index (χ4n) is 2.29. The van der Waals surface area contributed by atoms with Gasteiger partial charge in [-0.15, -0.1) is 0 Å². The zero-order chi connectivity index (χ0) is 14.4. The summed E-state index contributed by atoms with van der Waals surface area (Å²) in [6, 6.07) is 7.93. The number of benzene rings is 1. The Morgan fingerprint density at radius 2 is 1.85 bits per heavy atom. The van der Waals surface area contributed by atoms with Crippen molar-refractivity contribution in [2.24, 2.45) is 0 Å². The Balaban J connectivity index is 1.94. The van der Waals surface area contributed by atoms with E-state index in [1.807, 2.05) is 12.1 Å². The van der Waals surface area contributed by atoms with Crippen molar-refractivity contribution in [1.29, 1.82) is 0 Å². The Morgan fingerprint density at radius 1 is 1.15 bits per heavy atom. The van der Waals surface area contributed by atoms with Gasteiger partial charge in [0, 0.05) is 17.4 Å². The molecule has 112 valence electrons. The van der Waals surface area contributed by atoms with E-state index in [1.54, 1.807) is 19.1 Å². The standard InChI is InChI=1S/C14H23N3O2S/c1-2-20(18,19)17-14-7-5-13(6-8-14)16-12-4-3-10-15-11-9-12/h5-8,12,15-17H,2-4,9-11H2,1H3. The molecule has 6 heteroatoms. The van der Waals surface area contributed by atoms with Crippen LogP contribution in [0.5, 0.6) is 0 Å². The molecule has 2 rings (SSSR count). The van der Waals surface area contributed by atoms with Gasteiger partial charge in [-0.25, -0.2) is 8.42 Å². The second-order valence-corrected chi connectivity index (χ2v) is 7.12. The highest BCUT2D eigenvalue weighted by molar-refractivity contribution is 7.92. The third-order valence-electron chi connectivity index (χ3n) is 3.48. The predicted molar refractivity (Wildman–Crippen MR) is 83.7 cm³/mol. The molecule has 3 N–H and O–H groups in total. The van der Waals surface area contributed by atoms with E-state index in [0.29, 0.717) is 11.7 Å². The molecule has 0 bridgehead atoms. The minimum atomic E-state index is -3.20. The zero-order valence-corrected chi connectivity index (χ0v) is 12.7. The first kappa shape index (κ1) is 15.1. The molecule has 5 nitrogen and oxygen atoms in total. The molecule has 0 radical (unpaired) electrons. The van der Waals surface area contributed by atoms with E-state index in [0.717, 1.165) is 31.6 Å². The molecule has 1 atom stereocenters. The van der Waals surface area contributed by atoms with Crippen molar-refractivity contribution < 1.29 is 8.42 Å². The third kappa shape index (κ3) is 4.68. The van der Waals surface area contributed by atoms with Crippen LogP contribution in [0.2, 0.25) is 0 Å². The summed E-state index contributed by atoms with van der Waals surface area (Å²) in [6.45, 7) is 3.76. The van der Waals surface area contributed by atoms with E-state index in [9.17, 15) is 8.42 Å². The molecule has 1 unspecified atom stereocenters. The second kappa shape index (κ2) is 6.95. The van der Waals surface area contributed by atoms with Crippen molar-refractivity contribution in [3.8, 4) is 0 Å². The molecule has 1 aromatic rings. The highest BCUT2D eigenvalue weighted by Gasteiger charge is 2.11. The van der Waals surface area contributed by atoms with Gasteiger partial charge >= 0.3 is 0 Å². The van der Waals surface area contributed by atoms with Gasteiger partial charge in [0.2, 0.25) is 10.0 Å². The molecule has 1 aliphatic rings. The molecular weight excluding hydrogens is 274 g/mol. The SMILES string of the molecule is CCS(=O)(=O)Nc1ccc(NC2CCCNCC2)cc1. The van der Waals surface area contributed by atoms with Crippen molar-refractivity contribution in [2.45, 2.75) is 32.2 Å². The number of hydrogen-bond acceptors (Lipinski definition) is 4. The maximum Gasteiger partial charge on any atom is 0.232 e. The highest BCUT2D eigenvalue weighted by Crippen LogP contribution is 2.18. The molecular formula is C14H23N3O2S. The summed E-state index contributed by atoms with van der Waals surface area (Å²) in [5, 5.41) is 6.90. The van der Waals surface area contributed by atoms with Gasteiger partial charge in [-0.2, -0.15) is 0 Å². The first-order valence-corrected chi connectivity index (χ1v) is 8.82. The summed E-state index contributed by atoms with van der Waals surface area (Å²) < 4.78 is 25.5. The van der Waals surface area contributed by atoms with E-state index in [-0.39, 0.29) is 5.75 Å². The molecule has 1 saturated heterocycles. The van der Waals surface area contributed by atoms with Crippen LogP contribution < -0.4 is 15.4 Å². The van der Waals surface area contributed by atoms with Crippen molar-refractivity contribution in [3.05, 3.63) is 24.3 Å². The summed E-state index contributed by atoms with van der Waals surface area (Å²) >= 11 is 0. The minimum absolute atomic E-state index is 0.0854. The quantitative estimate of drug-likeness (QED) is 0.777. The van der Waals surface area contributed by atoms with Gasteiger partial charge in [-0.1, -0.05) is 0 Å². The molecule has 1 aliphatic heterocycles.